The van der Waals surface area contributed by atoms with Gasteiger partial charge in [-0.05, 0) is 151 Å². The summed E-state index contributed by atoms with van der Waals surface area (Å²) in [4.78, 5) is 89.8. The number of rotatable bonds is 30. The Kier molecular flexibility index (Phi) is 31.0. The van der Waals surface area contributed by atoms with E-state index in [0.717, 1.165) is 162 Å². The van der Waals surface area contributed by atoms with E-state index in [1.54, 1.807) is 45.3 Å². The van der Waals surface area contributed by atoms with E-state index in [9.17, 15) is 33.5 Å². The summed E-state index contributed by atoms with van der Waals surface area (Å²) in [7, 11) is 4.84. The van der Waals surface area contributed by atoms with Crippen LogP contribution in [0, 0.1) is 23.7 Å². The molecule has 527 valence electrons. The molecule has 7 aromatic heterocycles. The van der Waals surface area contributed by atoms with Gasteiger partial charge in [0.25, 0.3) is 29.5 Å². The number of aromatic hydroxyl groups is 1. The number of unbranched alkanes of at least 4 members (excludes halogenated alkanes) is 4. The van der Waals surface area contributed by atoms with Gasteiger partial charge in [-0.25, -0.2) is 4.99 Å². The van der Waals surface area contributed by atoms with Crippen molar-refractivity contribution in [2.75, 3.05) is 33.4 Å². The van der Waals surface area contributed by atoms with Gasteiger partial charge >= 0.3 is 24.8 Å². The number of thiophene rings is 6. The van der Waals surface area contributed by atoms with Crippen LogP contribution in [0.25, 0.3) is 33.4 Å². The number of thiol groups is 1. The molecule has 7 aromatic rings. The average Bonchev–Trinajstić information content (AvgIpc) is 1.55. The van der Waals surface area contributed by atoms with E-state index in [0.29, 0.717) is 102 Å². The minimum atomic E-state index is -0.302. The second kappa shape index (κ2) is 38.7. The van der Waals surface area contributed by atoms with Crippen molar-refractivity contribution < 1.29 is 33.5 Å². The van der Waals surface area contributed by atoms with Crippen LogP contribution in [-0.4, -0.2) is 106 Å². The van der Waals surface area contributed by atoms with Crippen molar-refractivity contribution in [3.05, 3.63) is 160 Å². The number of nitrogens with one attached hydrogen (secondary N) is 1. The molecule has 12 rings (SSSR count). The molecule has 0 bridgehead atoms. The Balaban J connectivity index is 0.000000190. The predicted octanol–water partition coefficient (Wildman–Crippen LogP) is 21.9. The van der Waals surface area contributed by atoms with E-state index in [1.807, 2.05) is 102 Å². The van der Waals surface area contributed by atoms with Crippen LogP contribution in [0.5, 0.6) is 5.88 Å². The standard InChI is InChI=1S/C30H38Br2N2O2S2.C30H40N2O2S2.C14H8N2O2S2.CH3F.BHNS/c1-5-9-11-19(7-3)17-33-27(21-13-15-23(31)37-21)25-26(29(33)35)28(22-14-16-24(32)38-22)34(30(25)36)18-20(8-4)12-10-6-2;1-5-9-13-21(7-3)19-31-27(23-15-11-17-35-23)25-26(29(31)33)28(24-16-12-18-36-24)32(30(25)34)20-22(8-4)14-10-6-2;17-13-9-10(12(16-13)8-4-2-6-20-8)14(18)15-11(9)7-3-1-5-19-7;1-2;1-2-3/h13-16,19-20H,5-12,17-18H2,1-4H3;11-12,15-18,21-22H,5-10,13-14,19-20H2,1-4H3;1-6,15,18H;1H3;3H. The molecule has 1 radical (unpaired) electrons. The van der Waals surface area contributed by atoms with E-state index in [2.05, 4.69) is 134 Å². The van der Waals surface area contributed by atoms with Gasteiger partial charge < -0.3 is 29.7 Å². The normalized spacial score (nSPS) is 16.0. The average molecular weight is 1600 g/mol. The van der Waals surface area contributed by atoms with Crippen LogP contribution in [0.1, 0.15) is 198 Å². The molecule has 5 aliphatic rings. The molecule has 2 N–H and O–H groups in total. The molecular weight excluding hydrogens is 1510 g/mol. The number of fused-ring (bicyclic) bond motifs is 3. The quantitative estimate of drug-likeness (QED) is 0.0300. The first-order valence-corrected chi connectivity index (χ1v) is 41.6. The van der Waals surface area contributed by atoms with Crippen molar-refractivity contribution in [2.45, 2.75) is 158 Å². The van der Waals surface area contributed by atoms with Crippen molar-refractivity contribution in [1.29, 1.82) is 0 Å². The molecule has 0 spiro atoms. The van der Waals surface area contributed by atoms with Crippen LogP contribution < -0.4 is 0 Å². The summed E-state index contributed by atoms with van der Waals surface area (Å²) in [5.41, 5.74) is 7.91. The molecule has 12 heterocycles. The number of hydrogen-bond donors (Lipinski definition) is 3. The first kappa shape index (κ1) is 79.3. The maximum atomic E-state index is 14.3. The van der Waals surface area contributed by atoms with E-state index < -0.39 is 0 Å². The van der Waals surface area contributed by atoms with Crippen molar-refractivity contribution in [3.8, 4) is 16.5 Å². The molecule has 0 aromatic carbocycles. The van der Waals surface area contributed by atoms with Crippen LogP contribution in [0.4, 0.5) is 4.39 Å². The zero-order valence-electron chi connectivity index (χ0n) is 58.0. The maximum absolute atomic E-state index is 14.3. The second-order valence-corrected chi connectivity index (χ2v) is 33.8. The molecule has 5 aliphatic heterocycles. The van der Waals surface area contributed by atoms with Gasteiger partial charge in [-0.3, -0.25) is 28.4 Å². The summed E-state index contributed by atoms with van der Waals surface area (Å²) in [5, 5.41) is 18.1. The molecule has 0 saturated carbocycles. The number of amides is 5. The Bertz CT molecular complexity index is 3850. The SMILES string of the molecule is CCCCC(CC)CN1C(=O)C2=C(c3ccc(Br)s3)N(CC(CC)CCCC)C(=O)C2=C1c1ccc(Br)s1.CCCCC(CC)CN1C(=O)C2=C(c3cccs3)N(CC(CC)CCCC)C(=O)C2=C1c1cccs1.CF.O=C1N=C(c2cccs2)c2c(O)[nH]c(-c3cccs3)c21.[B]=NS. The Morgan fingerprint density at radius 1 is 0.485 bits per heavy atom. The molecule has 4 unspecified atom stereocenters. The van der Waals surface area contributed by atoms with Crippen molar-refractivity contribution in [1.82, 2.24) is 24.6 Å². The van der Waals surface area contributed by atoms with Crippen LogP contribution in [0.2, 0.25) is 0 Å². The topological polar surface area (TPSA) is 159 Å². The number of aromatic nitrogens is 1. The molecule has 0 fully saturated rings. The summed E-state index contributed by atoms with van der Waals surface area (Å²) in [6.45, 7) is 20.3. The van der Waals surface area contributed by atoms with E-state index in [4.69, 9.17) is 0 Å². The molecule has 99 heavy (non-hydrogen) atoms. The number of carbonyl (C=O) groups excluding carboxylic acids is 5. The number of aliphatic imine (C=N–C) groups is 1. The molecule has 5 amide bonds. The molecule has 4 atom stereocenters. The fourth-order valence-electron chi connectivity index (χ4n) is 13.3. The Hall–Kier alpha value is -5.44. The third-order valence-corrected chi connectivity index (χ3v) is 25.4. The molecule has 24 heteroatoms. The number of H-pyrrole nitrogens is 1. The van der Waals surface area contributed by atoms with E-state index in [1.165, 1.54) is 22.7 Å². The monoisotopic (exact) mass is 1600 g/mol. The molecule has 0 aliphatic carbocycles. The Morgan fingerprint density at radius 2 is 0.788 bits per heavy atom. The summed E-state index contributed by atoms with van der Waals surface area (Å²) >= 11 is 19.8. The first-order valence-electron chi connectivity index (χ1n) is 34.5. The summed E-state index contributed by atoms with van der Waals surface area (Å²) in [5.74, 6) is 1.33. The van der Waals surface area contributed by atoms with Gasteiger partial charge in [-0.15, -0.1) is 68.0 Å². The number of hydrogen-bond acceptors (Lipinski definition) is 14. The van der Waals surface area contributed by atoms with Gasteiger partial charge in [-0.2, -0.15) is 0 Å². The first-order chi connectivity index (χ1) is 48.1. The van der Waals surface area contributed by atoms with Gasteiger partial charge in [0, 0.05) is 26.2 Å². The predicted molar refractivity (Wildman–Crippen MR) is 425 cm³/mol. The van der Waals surface area contributed by atoms with Crippen LogP contribution in [0.3, 0.4) is 0 Å². The van der Waals surface area contributed by atoms with E-state index in [-0.39, 0.29) is 35.4 Å². The Labute approximate surface area is 631 Å². The van der Waals surface area contributed by atoms with Crippen molar-refractivity contribution >= 4 is 178 Å². The Morgan fingerprint density at radius 3 is 1.06 bits per heavy atom. The minimum absolute atomic E-state index is 0.00130. The van der Waals surface area contributed by atoms with Crippen LogP contribution >= 0.6 is 113 Å². The van der Waals surface area contributed by atoms with Gasteiger partial charge in [-0.1, -0.05) is 157 Å². The van der Waals surface area contributed by atoms with Crippen molar-refractivity contribution in [2.24, 2.45) is 33.0 Å². The van der Waals surface area contributed by atoms with E-state index >= 15 is 0 Å². The van der Waals surface area contributed by atoms with Crippen LogP contribution in [-0.2, 0) is 19.2 Å². The number of alkyl halides is 1. The third kappa shape index (κ3) is 18.1. The zero-order chi connectivity index (χ0) is 71.4. The molecule has 13 nitrogen and oxygen atoms in total. The fourth-order valence-corrected chi connectivity index (χ4v) is 19.2. The van der Waals surface area contributed by atoms with Crippen molar-refractivity contribution in [3.63, 3.8) is 0 Å². The summed E-state index contributed by atoms with van der Waals surface area (Å²) < 4.78 is 14.2. The number of halogens is 3. The summed E-state index contributed by atoms with van der Waals surface area (Å²) in [6.07, 6.45) is 17.7. The second-order valence-electron chi connectivity index (χ2n) is 24.8. The number of nitrogens with zero attached hydrogens (tertiary/aromatic N) is 6. The molecular formula is C75H90BBr2FN7O6S7. The zero-order valence-corrected chi connectivity index (χ0v) is 66.9. The van der Waals surface area contributed by atoms with Gasteiger partial charge in [0.15, 0.2) is 5.88 Å². The molecule has 0 saturated heterocycles. The third-order valence-electron chi connectivity index (χ3n) is 18.6. The van der Waals surface area contributed by atoms with Gasteiger partial charge in [0.05, 0.1) is 112 Å². The van der Waals surface area contributed by atoms with Crippen LogP contribution in [0.15, 0.2) is 133 Å². The van der Waals surface area contributed by atoms with Gasteiger partial charge in [0.1, 0.15) is 0 Å². The summed E-state index contributed by atoms with van der Waals surface area (Å²) in [6, 6.07) is 23.9. The number of aromatic amines is 1. The number of carbonyl (C=O) groups is 5. The fraction of sp³-hybridized carbons (Fsp3) is 0.440. The van der Waals surface area contributed by atoms with Gasteiger partial charge in [0.2, 0.25) is 0 Å².